The quantitative estimate of drug-likeness (QED) is 0.847. The van der Waals surface area contributed by atoms with Gasteiger partial charge in [-0.3, -0.25) is 9.69 Å². The van der Waals surface area contributed by atoms with Gasteiger partial charge in [-0.25, -0.2) is 0 Å². The molecule has 1 aliphatic rings. The number of hydrogen-bond acceptors (Lipinski definition) is 3. The summed E-state index contributed by atoms with van der Waals surface area (Å²) < 4.78 is 5.44. The Bertz CT molecular complexity index is 610. The fourth-order valence-electron chi connectivity index (χ4n) is 3.20. The van der Waals surface area contributed by atoms with Crippen molar-refractivity contribution < 1.29 is 9.21 Å². The van der Waals surface area contributed by atoms with Crippen LogP contribution in [0.2, 0.25) is 0 Å². The summed E-state index contributed by atoms with van der Waals surface area (Å²) >= 11 is 0. The average Bonchev–Trinajstić information content (AvgIpc) is 3.06. The van der Waals surface area contributed by atoms with Crippen LogP contribution in [0.5, 0.6) is 0 Å². The molecule has 0 saturated carbocycles. The molecule has 4 nitrogen and oxygen atoms in total. The lowest BCUT2D eigenvalue weighted by Crippen LogP contribution is -2.43. The van der Waals surface area contributed by atoms with Gasteiger partial charge in [0.25, 0.3) is 0 Å². The van der Waals surface area contributed by atoms with Gasteiger partial charge in [-0.1, -0.05) is 25.1 Å². The van der Waals surface area contributed by atoms with Gasteiger partial charge in [0.1, 0.15) is 5.76 Å². The summed E-state index contributed by atoms with van der Waals surface area (Å²) in [5.41, 5.74) is 0.916. The maximum atomic E-state index is 12.9. The predicted molar refractivity (Wildman–Crippen MR) is 91.2 cm³/mol. The van der Waals surface area contributed by atoms with E-state index in [1.807, 2.05) is 47.4 Å². The molecule has 1 atom stereocenters. The molecular weight excluding hydrogens is 288 g/mol. The standard InChI is InChI=1S/C19H24N2O2/c1-16-7-5-11-20(13-16)15-19(22)21(14-18-10-6-12-23-18)17-8-3-2-4-9-17/h2-4,6,8-10,12,16H,5,7,11,13-15H2,1H3. The Morgan fingerprint density at radius 2 is 2.09 bits per heavy atom. The lowest BCUT2D eigenvalue weighted by atomic mass is 10.0. The SMILES string of the molecule is CC1CCCN(CC(=O)N(Cc2ccco2)c2ccccc2)C1. The highest BCUT2D eigenvalue weighted by Gasteiger charge is 2.23. The van der Waals surface area contributed by atoms with E-state index in [1.165, 1.54) is 12.8 Å². The zero-order chi connectivity index (χ0) is 16.1. The molecule has 1 saturated heterocycles. The number of furan rings is 1. The van der Waals surface area contributed by atoms with E-state index in [4.69, 9.17) is 4.42 Å². The van der Waals surface area contributed by atoms with Gasteiger partial charge >= 0.3 is 0 Å². The maximum absolute atomic E-state index is 12.9. The summed E-state index contributed by atoms with van der Waals surface area (Å²) in [5, 5.41) is 0. The first kappa shape index (κ1) is 15.8. The van der Waals surface area contributed by atoms with Gasteiger partial charge < -0.3 is 9.32 Å². The average molecular weight is 312 g/mol. The van der Waals surface area contributed by atoms with E-state index in [-0.39, 0.29) is 5.91 Å². The molecule has 1 aromatic heterocycles. The van der Waals surface area contributed by atoms with Crippen molar-refractivity contribution in [3.8, 4) is 0 Å². The van der Waals surface area contributed by atoms with Gasteiger partial charge in [0, 0.05) is 12.2 Å². The van der Waals surface area contributed by atoms with Crippen molar-refractivity contribution in [2.75, 3.05) is 24.5 Å². The molecule has 1 amide bonds. The van der Waals surface area contributed by atoms with Crippen LogP contribution in [0.1, 0.15) is 25.5 Å². The van der Waals surface area contributed by atoms with E-state index in [0.29, 0.717) is 19.0 Å². The van der Waals surface area contributed by atoms with Gasteiger partial charge in [-0.15, -0.1) is 0 Å². The molecule has 0 N–H and O–H groups in total. The van der Waals surface area contributed by atoms with Crippen LogP contribution in [0, 0.1) is 5.92 Å². The van der Waals surface area contributed by atoms with Crippen LogP contribution < -0.4 is 4.90 Å². The van der Waals surface area contributed by atoms with E-state index in [0.717, 1.165) is 24.5 Å². The first-order valence-corrected chi connectivity index (χ1v) is 8.32. The van der Waals surface area contributed by atoms with Gasteiger partial charge in [0.05, 0.1) is 19.4 Å². The van der Waals surface area contributed by atoms with Crippen LogP contribution in [0.25, 0.3) is 0 Å². The van der Waals surface area contributed by atoms with Crippen LogP contribution in [0.4, 0.5) is 5.69 Å². The van der Waals surface area contributed by atoms with Crippen molar-refractivity contribution in [1.29, 1.82) is 0 Å². The Hall–Kier alpha value is -2.07. The van der Waals surface area contributed by atoms with E-state index in [2.05, 4.69) is 11.8 Å². The minimum absolute atomic E-state index is 0.127. The zero-order valence-corrected chi connectivity index (χ0v) is 13.6. The highest BCUT2D eigenvalue weighted by atomic mass is 16.3. The minimum Gasteiger partial charge on any atom is -0.467 e. The molecule has 1 aliphatic heterocycles. The molecule has 1 fully saturated rings. The molecule has 1 unspecified atom stereocenters. The van der Waals surface area contributed by atoms with Crippen molar-refractivity contribution in [3.63, 3.8) is 0 Å². The minimum atomic E-state index is 0.127. The normalized spacial score (nSPS) is 18.7. The summed E-state index contributed by atoms with van der Waals surface area (Å²) in [5.74, 6) is 1.60. The molecule has 0 radical (unpaired) electrons. The molecule has 122 valence electrons. The Balaban J connectivity index is 1.73. The van der Waals surface area contributed by atoms with Crippen LogP contribution in [0.3, 0.4) is 0 Å². The van der Waals surface area contributed by atoms with E-state index < -0.39 is 0 Å². The summed E-state index contributed by atoms with van der Waals surface area (Å²) in [6.07, 6.45) is 4.09. The van der Waals surface area contributed by atoms with E-state index in [1.54, 1.807) is 6.26 Å². The van der Waals surface area contributed by atoms with Crippen LogP contribution >= 0.6 is 0 Å². The summed E-state index contributed by atoms with van der Waals surface area (Å²) in [4.78, 5) is 17.0. The van der Waals surface area contributed by atoms with Gasteiger partial charge in [-0.2, -0.15) is 0 Å². The number of nitrogens with zero attached hydrogens (tertiary/aromatic N) is 2. The largest absolute Gasteiger partial charge is 0.467 e. The van der Waals surface area contributed by atoms with Crippen molar-refractivity contribution in [3.05, 3.63) is 54.5 Å². The summed E-state index contributed by atoms with van der Waals surface area (Å²) in [7, 11) is 0. The molecule has 2 heterocycles. The number of likely N-dealkylation sites (tertiary alicyclic amines) is 1. The third-order valence-electron chi connectivity index (χ3n) is 4.36. The highest BCUT2D eigenvalue weighted by Crippen LogP contribution is 2.20. The molecule has 0 aliphatic carbocycles. The first-order chi connectivity index (χ1) is 11.2. The van der Waals surface area contributed by atoms with E-state index >= 15 is 0 Å². The second kappa shape index (κ2) is 7.47. The number of rotatable bonds is 5. The lowest BCUT2D eigenvalue weighted by Gasteiger charge is -2.32. The topological polar surface area (TPSA) is 36.7 Å². The number of para-hydroxylation sites is 1. The number of benzene rings is 1. The Kier molecular flexibility index (Phi) is 5.13. The molecule has 0 spiro atoms. The van der Waals surface area contributed by atoms with Gasteiger partial charge in [-0.05, 0) is 49.6 Å². The number of anilines is 1. The third kappa shape index (κ3) is 4.23. The monoisotopic (exact) mass is 312 g/mol. The first-order valence-electron chi connectivity index (χ1n) is 8.32. The highest BCUT2D eigenvalue weighted by molar-refractivity contribution is 5.94. The molecule has 2 aromatic rings. The van der Waals surface area contributed by atoms with Crippen molar-refractivity contribution in [2.24, 2.45) is 5.92 Å². The fraction of sp³-hybridized carbons (Fsp3) is 0.421. The van der Waals surface area contributed by atoms with Crippen LogP contribution in [-0.2, 0) is 11.3 Å². The van der Waals surface area contributed by atoms with Gasteiger partial charge in [0.15, 0.2) is 0 Å². The molecule has 0 bridgehead atoms. The number of hydrogen-bond donors (Lipinski definition) is 0. The number of piperidine rings is 1. The van der Waals surface area contributed by atoms with E-state index in [9.17, 15) is 4.79 Å². The smallest absolute Gasteiger partial charge is 0.241 e. The summed E-state index contributed by atoms with van der Waals surface area (Å²) in [6, 6.07) is 13.6. The molecule has 4 heteroatoms. The summed E-state index contributed by atoms with van der Waals surface area (Å²) in [6.45, 7) is 5.22. The van der Waals surface area contributed by atoms with Crippen molar-refractivity contribution >= 4 is 11.6 Å². The van der Waals surface area contributed by atoms with Crippen molar-refractivity contribution in [2.45, 2.75) is 26.3 Å². The fourth-order valence-corrected chi connectivity index (χ4v) is 3.20. The predicted octanol–water partition coefficient (Wildman–Crippen LogP) is 3.54. The number of amides is 1. The van der Waals surface area contributed by atoms with Crippen LogP contribution in [-0.4, -0.2) is 30.4 Å². The number of carbonyl (C=O) groups is 1. The van der Waals surface area contributed by atoms with Crippen molar-refractivity contribution in [1.82, 2.24) is 4.90 Å². The van der Waals surface area contributed by atoms with Gasteiger partial charge in [0.2, 0.25) is 5.91 Å². The Morgan fingerprint density at radius 1 is 1.26 bits per heavy atom. The maximum Gasteiger partial charge on any atom is 0.241 e. The Morgan fingerprint density at radius 3 is 2.78 bits per heavy atom. The molecular formula is C19H24N2O2. The number of carbonyl (C=O) groups excluding carboxylic acids is 1. The van der Waals surface area contributed by atoms with Crippen LogP contribution in [0.15, 0.2) is 53.1 Å². The lowest BCUT2D eigenvalue weighted by molar-refractivity contribution is -0.120. The second-order valence-electron chi connectivity index (χ2n) is 6.38. The molecule has 23 heavy (non-hydrogen) atoms. The Labute approximate surface area is 137 Å². The third-order valence-corrected chi connectivity index (χ3v) is 4.36. The second-order valence-corrected chi connectivity index (χ2v) is 6.38. The zero-order valence-electron chi connectivity index (χ0n) is 13.6. The molecule has 1 aromatic carbocycles. The molecule has 3 rings (SSSR count).